The summed E-state index contributed by atoms with van der Waals surface area (Å²) in [4.78, 5) is 5.43. The molecule has 0 fully saturated rings. The molecule has 54 heavy (non-hydrogen) atoms. The molecule has 0 radical (unpaired) electrons. The third kappa shape index (κ3) is 4.45. The molecule has 1 aliphatic heterocycles. The van der Waals surface area contributed by atoms with Gasteiger partial charge in [-0.05, 0) is 89.3 Å². The van der Waals surface area contributed by atoms with E-state index in [0.29, 0.717) is 0 Å². The van der Waals surface area contributed by atoms with Gasteiger partial charge in [-0.25, -0.2) is 0 Å². The fourth-order valence-electron chi connectivity index (χ4n) is 8.98. The van der Waals surface area contributed by atoms with Gasteiger partial charge < -0.3 is 9.13 Å². The van der Waals surface area contributed by atoms with E-state index < -0.39 is 5.41 Å². The molecule has 0 spiro atoms. The minimum Gasteiger partial charge on any atom is -0.309 e. The second-order valence-corrected chi connectivity index (χ2v) is 14.5. The zero-order valence-corrected chi connectivity index (χ0v) is 29.8. The first kappa shape index (κ1) is 30.6. The van der Waals surface area contributed by atoms with Crippen LogP contribution in [0.4, 0.5) is 5.69 Å². The van der Waals surface area contributed by atoms with Crippen molar-refractivity contribution in [1.29, 1.82) is 0 Å². The molecule has 0 N–H and O–H groups in total. The van der Waals surface area contributed by atoms with Gasteiger partial charge in [-0.2, -0.15) is 0 Å². The van der Waals surface area contributed by atoms with Crippen molar-refractivity contribution in [3.05, 3.63) is 211 Å². The van der Waals surface area contributed by atoms with Crippen LogP contribution >= 0.6 is 0 Å². The maximum Gasteiger partial charge on any atom is 0.0686 e. The maximum absolute atomic E-state index is 5.43. The highest BCUT2D eigenvalue weighted by Gasteiger charge is 2.42. The first-order valence-electron chi connectivity index (χ1n) is 18.6. The van der Waals surface area contributed by atoms with E-state index in [1.54, 1.807) is 0 Å². The lowest BCUT2D eigenvalue weighted by Crippen LogP contribution is -2.31. The van der Waals surface area contributed by atoms with Crippen molar-refractivity contribution >= 4 is 55.0 Å². The average Bonchev–Trinajstić information content (AvgIpc) is 3.86. The first-order chi connectivity index (χ1) is 26.7. The van der Waals surface area contributed by atoms with Gasteiger partial charge in [-0.15, -0.1) is 0 Å². The van der Waals surface area contributed by atoms with Crippen molar-refractivity contribution in [2.45, 2.75) is 12.3 Å². The Morgan fingerprint density at radius 3 is 1.63 bits per heavy atom. The van der Waals surface area contributed by atoms with Crippen LogP contribution < -0.4 is 0 Å². The molecule has 3 heterocycles. The predicted octanol–water partition coefficient (Wildman–Crippen LogP) is 13.0. The minimum atomic E-state index is -0.431. The second kappa shape index (κ2) is 11.8. The van der Waals surface area contributed by atoms with Gasteiger partial charge in [0.25, 0.3) is 0 Å². The smallest absolute Gasteiger partial charge is 0.0686 e. The van der Waals surface area contributed by atoms with Gasteiger partial charge in [-0.1, -0.05) is 140 Å². The van der Waals surface area contributed by atoms with Gasteiger partial charge in [-0.3, -0.25) is 4.99 Å². The Morgan fingerprint density at radius 1 is 0.389 bits per heavy atom. The molecular formula is C51H35N3. The Morgan fingerprint density at radius 2 is 0.926 bits per heavy atom. The molecule has 1 unspecified atom stereocenters. The number of hydrogen-bond acceptors (Lipinski definition) is 1. The highest BCUT2D eigenvalue weighted by atomic mass is 15.0. The lowest BCUT2D eigenvalue weighted by molar-refractivity contribution is 0.794. The van der Waals surface area contributed by atoms with E-state index in [-0.39, 0.29) is 0 Å². The number of fused-ring (bicyclic) bond motifs is 7. The third-order valence-electron chi connectivity index (χ3n) is 11.6. The molecule has 11 rings (SSSR count). The van der Waals surface area contributed by atoms with Crippen LogP contribution in [-0.4, -0.2) is 14.8 Å². The fourth-order valence-corrected chi connectivity index (χ4v) is 8.98. The Kier molecular flexibility index (Phi) is 6.68. The van der Waals surface area contributed by atoms with Gasteiger partial charge in [0.2, 0.25) is 0 Å². The van der Waals surface area contributed by atoms with Crippen molar-refractivity contribution in [2.24, 2.45) is 4.99 Å². The lowest BCUT2D eigenvalue weighted by Gasteiger charge is -2.29. The Balaban J connectivity index is 1.15. The Labute approximate surface area is 313 Å². The van der Waals surface area contributed by atoms with Crippen LogP contribution in [-0.2, 0) is 5.41 Å². The molecule has 0 saturated heterocycles. The number of aromatic nitrogens is 2. The van der Waals surface area contributed by atoms with Gasteiger partial charge >= 0.3 is 0 Å². The van der Waals surface area contributed by atoms with Crippen molar-refractivity contribution in [1.82, 2.24) is 9.13 Å². The molecule has 0 saturated carbocycles. The topological polar surface area (TPSA) is 22.2 Å². The summed E-state index contributed by atoms with van der Waals surface area (Å²) in [5, 5.41) is 4.89. The van der Waals surface area contributed by atoms with Gasteiger partial charge in [0.1, 0.15) is 0 Å². The van der Waals surface area contributed by atoms with E-state index in [2.05, 4.69) is 210 Å². The summed E-state index contributed by atoms with van der Waals surface area (Å²) in [5.41, 5.74) is 14.7. The van der Waals surface area contributed by atoms with E-state index in [0.717, 1.165) is 28.3 Å². The van der Waals surface area contributed by atoms with E-state index in [1.807, 2.05) is 0 Å². The quantitative estimate of drug-likeness (QED) is 0.172. The molecule has 2 aromatic heterocycles. The molecule has 254 valence electrons. The van der Waals surface area contributed by atoms with Crippen molar-refractivity contribution in [3.8, 4) is 22.5 Å². The molecule has 0 aliphatic carbocycles. The number of aliphatic imine (C=N–C) groups is 1. The van der Waals surface area contributed by atoms with Crippen LogP contribution in [0.1, 0.15) is 23.6 Å². The molecule has 3 nitrogen and oxygen atoms in total. The van der Waals surface area contributed by atoms with E-state index >= 15 is 0 Å². The number of benzene rings is 8. The third-order valence-corrected chi connectivity index (χ3v) is 11.6. The molecule has 1 aliphatic rings. The second-order valence-electron chi connectivity index (χ2n) is 14.5. The van der Waals surface area contributed by atoms with Crippen LogP contribution in [0.2, 0.25) is 0 Å². The van der Waals surface area contributed by atoms with Crippen LogP contribution in [0.5, 0.6) is 0 Å². The minimum absolute atomic E-state index is 0.431. The Bertz CT molecular complexity index is 3100. The van der Waals surface area contributed by atoms with Crippen LogP contribution in [0.15, 0.2) is 199 Å². The molecule has 1 atom stereocenters. The SMILES string of the molecule is CC1(c2ccccc2)C(c2ccccc2)=Nc2cc3c4ccccc4n(-c4ccc5c(c4)c4ccccc4n5-c4cccc(-c5ccccc5)c4)c3cc21. The van der Waals surface area contributed by atoms with Crippen LogP contribution in [0.25, 0.3) is 66.1 Å². The predicted molar refractivity (Wildman–Crippen MR) is 226 cm³/mol. The molecule has 0 bridgehead atoms. The van der Waals surface area contributed by atoms with Crippen molar-refractivity contribution < 1.29 is 0 Å². The van der Waals surface area contributed by atoms with Crippen molar-refractivity contribution in [2.75, 3.05) is 0 Å². The Hall–Kier alpha value is -6.97. The lowest BCUT2D eigenvalue weighted by atomic mass is 9.71. The van der Waals surface area contributed by atoms with Gasteiger partial charge in [0.05, 0.1) is 38.9 Å². The zero-order chi connectivity index (χ0) is 35.8. The molecule has 3 heteroatoms. The van der Waals surface area contributed by atoms with E-state index in [9.17, 15) is 0 Å². The number of nitrogens with zero attached hydrogens (tertiary/aromatic N) is 3. The van der Waals surface area contributed by atoms with Crippen LogP contribution in [0.3, 0.4) is 0 Å². The van der Waals surface area contributed by atoms with Crippen molar-refractivity contribution in [3.63, 3.8) is 0 Å². The maximum atomic E-state index is 5.43. The molecule has 10 aromatic rings. The summed E-state index contributed by atoms with van der Waals surface area (Å²) in [5.74, 6) is 0. The summed E-state index contributed by atoms with van der Waals surface area (Å²) in [6, 6.07) is 70.3. The fraction of sp³-hybridized carbons (Fsp3) is 0.0392. The summed E-state index contributed by atoms with van der Waals surface area (Å²) in [7, 11) is 0. The average molecular weight is 690 g/mol. The highest BCUT2D eigenvalue weighted by Crippen LogP contribution is 2.49. The number of hydrogen-bond donors (Lipinski definition) is 0. The van der Waals surface area contributed by atoms with Gasteiger partial charge in [0, 0.05) is 32.9 Å². The normalized spacial score (nSPS) is 15.3. The number of para-hydroxylation sites is 2. The van der Waals surface area contributed by atoms with Crippen LogP contribution in [0, 0.1) is 0 Å². The molecule has 0 amide bonds. The van der Waals surface area contributed by atoms with E-state index in [1.165, 1.54) is 65.9 Å². The monoisotopic (exact) mass is 689 g/mol. The number of rotatable bonds is 5. The highest BCUT2D eigenvalue weighted by molar-refractivity contribution is 6.18. The zero-order valence-electron chi connectivity index (χ0n) is 29.8. The van der Waals surface area contributed by atoms with E-state index in [4.69, 9.17) is 4.99 Å². The summed E-state index contributed by atoms with van der Waals surface area (Å²) < 4.78 is 4.87. The standard InChI is InChI=1S/C51H35N3/c1-51(37-21-9-4-10-22-37)44-33-49-43(32-45(44)52-50(51)35-18-7-3-8-19-35)41-25-12-14-27-47(41)54(49)39-28-29-48-42(31-39)40-24-11-13-26-46(40)53(48)38-23-15-20-36(30-38)34-16-5-2-6-17-34/h2-33H,1H3. The summed E-state index contributed by atoms with van der Waals surface area (Å²) in [6.45, 7) is 2.34. The molecule has 8 aromatic carbocycles. The largest absolute Gasteiger partial charge is 0.309 e. The van der Waals surface area contributed by atoms with Gasteiger partial charge in [0.15, 0.2) is 0 Å². The first-order valence-corrected chi connectivity index (χ1v) is 18.6. The summed E-state index contributed by atoms with van der Waals surface area (Å²) in [6.07, 6.45) is 0. The summed E-state index contributed by atoms with van der Waals surface area (Å²) >= 11 is 0. The molecular weight excluding hydrogens is 655 g/mol.